The second kappa shape index (κ2) is 5.65. The van der Waals surface area contributed by atoms with Crippen LogP contribution in [0.25, 0.3) is 0 Å². The molecule has 2 aromatic rings. The van der Waals surface area contributed by atoms with Crippen LogP contribution in [0.5, 0.6) is 5.75 Å². The summed E-state index contributed by atoms with van der Waals surface area (Å²) in [6.45, 7) is 1.97. The van der Waals surface area contributed by atoms with E-state index in [1.54, 1.807) is 30.1 Å². The lowest BCUT2D eigenvalue weighted by Crippen LogP contribution is -2.26. The number of anilines is 2. The number of hydrogen-bond acceptors (Lipinski definition) is 3. The zero-order chi connectivity index (χ0) is 14.7. The first-order valence-corrected chi connectivity index (χ1v) is 6.31. The number of nitrogen functional groups attached to an aromatic ring is 1. The molecular formula is C16H18N2O2. The number of rotatable bonds is 3. The van der Waals surface area contributed by atoms with Crippen molar-refractivity contribution in [2.24, 2.45) is 0 Å². The maximum absolute atomic E-state index is 12.5. The molecule has 0 aromatic heterocycles. The minimum atomic E-state index is -0.0994. The van der Waals surface area contributed by atoms with Gasteiger partial charge in [0.05, 0.1) is 12.8 Å². The van der Waals surface area contributed by atoms with Gasteiger partial charge in [0.2, 0.25) is 0 Å². The molecule has 0 spiro atoms. The lowest BCUT2D eigenvalue weighted by atomic mass is 10.1. The smallest absolute Gasteiger partial charge is 0.258 e. The SMILES string of the molecule is COc1cc(C(=O)N(C)c2ccccc2C)ccc1N. The molecule has 0 bridgehead atoms. The van der Waals surface area contributed by atoms with Crippen LogP contribution in [0.4, 0.5) is 11.4 Å². The molecule has 0 aliphatic rings. The van der Waals surface area contributed by atoms with E-state index in [-0.39, 0.29) is 5.91 Å². The van der Waals surface area contributed by atoms with Crippen LogP contribution in [-0.2, 0) is 0 Å². The van der Waals surface area contributed by atoms with Gasteiger partial charge in [0.15, 0.2) is 0 Å². The fourth-order valence-electron chi connectivity index (χ4n) is 2.09. The lowest BCUT2D eigenvalue weighted by Gasteiger charge is -2.20. The number of aryl methyl sites for hydroxylation is 1. The molecule has 0 aliphatic heterocycles. The van der Waals surface area contributed by atoms with Crippen LogP contribution >= 0.6 is 0 Å². The van der Waals surface area contributed by atoms with Crippen LogP contribution in [0.1, 0.15) is 15.9 Å². The van der Waals surface area contributed by atoms with Crippen LogP contribution in [-0.4, -0.2) is 20.1 Å². The molecule has 4 heteroatoms. The number of carbonyl (C=O) groups excluding carboxylic acids is 1. The first-order chi connectivity index (χ1) is 9.54. The monoisotopic (exact) mass is 270 g/mol. The van der Waals surface area contributed by atoms with Gasteiger partial charge in [-0.2, -0.15) is 0 Å². The molecular weight excluding hydrogens is 252 g/mol. The molecule has 20 heavy (non-hydrogen) atoms. The molecule has 2 N–H and O–H groups in total. The molecule has 0 radical (unpaired) electrons. The third-order valence-electron chi connectivity index (χ3n) is 3.26. The molecule has 0 saturated carbocycles. The Hall–Kier alpha value is -2.49. The molecule has 2 aromatic carbocycles. The number of nitrogens with two attached hydrogens (primary N) is 1. The summed E-state index contributed by atoms with van der Waals surface area (Å²) in [7, 11) is 3.29. The molecule has 4 nitrogen and oxygen atoms in total. The number of hydrogen-bond donors (Lipinski definition) is 1. The quantitative estimate of drug-likeness (QED) is 0.872. The fraction of sp³-hybridized carbons (Fsp3) is 0.188. The Morgan fingerprint density at radius 3 is 2.55 bits per heavy atom. The summed E-state index contributed by atoms with van der Waals surface area (Å²) < 4.78 is 5.15. The van der Waals surface area contributed by atoms with E-state index in [0.29, 0.717) is 17.0 Å². The molecule has 2 rings (SSSR count). The molecule has 0 aliphatic carbocycles. The molecule has 0 saturated heterocycles. The van der Waals surface area contributed by atoms with Gasteiger partial charge in [0.25, 0.3) is 5.91 Å². The topological polar surface area (TPSA) is 55.6 Å². The Bertz CT molecular complexity index is 638. The van der Waals surface area contributed by atoms with Gasteiger partial charge in [-0.1, -0.05) is 18.2 Å². The van der Waals surface area contributed by atoms with E-state index >= 15 is 0 Å². The van der Waals surface area contributed by atoms with Gasteiger partial charge in [0, 0.05) is 18.3 Å². The Morgan fingerprint density at radius 1 is 1.20 bits per heavy atom. The van der Waals surface area contributed by atoms with E-state index in [1.807, 2.05) is 31.2 Å². The van der Waals surface area contributed by atoms with Gasteiger partial charge in [-0.15, -0.1) is 0 Å². The first-order valence-electron chi connectivity index (χ1n) is 6.31. The minimum Gasteiger partial charge on any atom is -0.495 e. The van der Waals surface area contributed by atoms with Crippen molar-refractivity contribution < 1.29 is 9.53 Å². The highest BCUT2D eigenvalue weighted by atomic mass is 16.5. The van der Waals surface area contributed by atoms with E-state index in [9.17, 15) is 4.79 Å². The van der Waals surface area contributed by atoms with Crippen molar-refractivity contribution in [3.8, 4) is 5.75 Å². The van der Waals surface area contributed by atoms with Crippen LogP contribution < -0.4 is 15.4 Å². The molecule has 104 valence electrons. The highest BCUT2D eigenvalue weighted by Gasteiger charge is 2.16. The predicted octanol–water partition coefficient (Wildman–Crippen LogP) is 2.86. The molecule has 1 amide bonds. The average Bonchev–Trinajstić information content (AvgIpc) is 2.47. The number of ether oxygens (including phenoxy) is 1. The summed E-state index contributed by atoms with van der Waals surface area (Å²) in [5, 5.41) is 0. The maximum atomic E-state index is 12.5. The van der Waals surface area contributed by atoms with E-state index < -0.39 is 0 Å². The summed E-state index contributed by atoms with van der Waals surface area (Å²) in [6.07, 6.45) is 0. The van der Waals surface area contributed by atoms with Crippen LogP contribution in [0.15, 0.2) is 42.5 Å². The molecule has 0 heterocycles. The van der Waals surface area contributed by atoms with E-state index in [1.165, 1.54) is 7.11 Å². The van der Waals surface area contributed by atoms with Crippen molar-refractivity contribution in [2.75, 3.05) is 24.8 Å². The molecule has 0 atom stereocenters. The lowest BCUT2D eigenvalue weighted by molar-refractivity contribution is 0.0992. The Labute approximate surface area is 118 Å². The highest BCUT2D eigenvalue weighted by molar-refractivity contribution is 6.06. The van der Waals surface area contributed by atoms with E-state index in [0.717, 1.165) is 11.3 Å². The maximum Gasteiger partial charge on any atom is 0.258 e. The summed E-state index contributed by atoms with van der Waals surface area (Å²) in [5.74, 6) is 0.409. The normalized spacial score (nSPS) is 10.2. The minimum absolute atomic E-state index is 0.0994. The summed E-state index contributed by atoms with van der Waals surface area (Å²) >= 11 is 0. The summed E-state index contributed by atoms with van der Waals surface area (Å²) in [5.41, 5.74) is 8.75. The second-order valence-electron chi connectivity index (χ2n) is 4.61. The van der Waals surface area contributed by atoms with E-state index in [2.05, 4.69) is 0 Å². The summed E-state index contributed by atoms with van der Waals surface area (Å²) in [6, 6.07) is 12.8. The van der Waals surface area contributed by atoms with E-state index in [4.69, 9.17) is 10.5 Å². The van der Waals surface area contributed by atoms with Gasteiger partial charge < -0.3 is 15.4 Å². The number of para-hydroxylation sites is 1. The average molecular weight is 270 g/mol. The summed E-state index contributed by atoms with van der Waals surface area (Å²) in [4.78, 5) is 14.1. The zero-order valence-corrected chi connectivity index (χ0v) is 11.9. The van der Waals surface area contributed by atoms with Gasteiger partial charge in [-0.25, -0.2) is 0 Å². The van der Waals surface area contributed by atoms with Gasteiger partial charge in [-0.3, -0.25) is 4.79 Å². The number of nitrogens with zero attached hydrogens (tertiary/aromatic N) is 1. The van der Waals surface area contributed by atoms with Gasteiger partial charge >= 0.3 is 0 Å². The third-order valence-corrected chi connectivity index (χ3v) is 3.26. The predicted molar refractivity (Wildman–Crippen MR) is 81.3 cm³/mol. The van der Waals surface area contributed by atoms with Crippen molar-refractivity contribution in [3.05, 3.63) is 53.6 Å². The second-order valence-corrected chi connectivity index (χ2v) is 4.61. The standard InChI is InChI=1S/C16H18N2O2/c1-11-6-4-5-7-14(11)18(2)16(19)12-8-9-13(17)15(10-12)20-3/h4-10H,17H2,1-3H3. The Morgan fingerprint density at radius 2 is 1.90 bits per heavy atom. The molecule has 0 fully saturated rings. The number of benzene rings is 2. The largest absolute Gasteiger partial charge is 0.495 e. The Kier molecular flexibility index (Phi) is 3.94. The van der Waals surface area contributed by atoms with Crippen molar-refractivity contribution in [1.29, 1.82) is 0 Å². The third kappa shape index (κ3) is 2.59. The highest BCUT2D eigenvalue weighted by Crippen LogP contribution is 2.25. The zero-order valence-electron chi connectivity index (χ0n) is 11.9. The van der Waals surface area contributed by atoms with Crippen LogP contribution in [0.2, 0.25) is 0 Å². The van der Waals surface area contributed by atoms with Crippen molar-refractivity contribution in [3.63, 3.8) is 0 Å². The first kappa shape index (κ1) is 13.9. The Balaban J connectivity index is 2.34. The van der Waals surface area contributed by atoms with Crippen molar-refractivity contribution in [2.45, 2.75) is 6.92 Å². The van der Waals surface area contributed by atoms with Gasteiger partial charge in [0.1, 0.15) is 5.75 Å². The van der Waals surface area contributed by atoms with Crippen LogP contribution in [0.3, 0.4) is 0 Å². The van der Waals surface area contributed by atoms with Gasteiger partial charge in [-0.05, 0) is 36.8 Å². The van der Waals surface area contributed by atoms with Crippen molar-refractivity contribution >= 4 is 17.3 Å². The fourth-order valence-corrected chi connectivity index (χ4v) is 2.09. The number of amides is 1. The van der Waals surface area contributed by atoms with Crippen LogP contribution in [0, 0.1) is 6.92 Å². The molecule has 0 unspecified atom stereocenters. The number of carbonyl (C=O) groups is 1. The van der Waals surface area contributed by atoms with Crippen molar-refractivity contribution in [1.82, 2.24) is 0 Å². The number of methoxy groups -OCH3 is 1.